The zero-order valence-electron chi connectivity index (χ0n) is 12.5. The highest BCUT2D eigenvalue weighted by atomic mass is 35.5. The van der Waals surface area contributed by atoms with Crippen molar-refractivity contribution in [3.63, 3.8) is 0 Å². The molecule has 1 amide bonds. The molecule has 0 saturated carbocycles. The molecular formula is C15H16Cl2N4O2. The summed E-state index contributed by atoms with van der Waals surface area (Å²) in [4.78, 5) is 20.4. The van der Waals surface area contributed by atoms with E-state index in [1.165, 1.54) is 12.4 Å². The number of hydrogen-bond donors (Lipinski definition) is 2. The van der Waals surface area contributed by atoms with Crippen LogP contribution in [-0.4, -0.2) is 36.1 Å². The van der Waals surface area contributed by atoms with Crippen molar-refractivity contribution in [3.8, 4) is 0 Å². The third-order valence-corrected chi connectivity index (χ3v) is 3.73. The maximum absolute atomic E-state index is 12.1. The van der Waals surface area contributed by atoms with Crippen molar-refractivity contribution in [1.82, 2.24) is 9.97 Å². The molecule has 0 saturated heterocycles. The molecule has 0 aliphatic carbocycles. The molecule has 2 rings (SSSR count). The molecule has 1 heterocycles. The van der Waals surface area contributed by atoms with Crippen LogP contribution in [0.1, 0.15) is 16.9 Å². The predicted molar refractivity (Wildman–Crippen MR) is 91.4 cm³/mol. The molecule has 23 heavy (non-hydrogen) atoms. The van der Waals surface area contributed by atoms with E-state index in [0.29, 0.717) is 29.7 Å². The van der Waals surface area contributed by atoms with E-state index in [-0.39, 0.29) is 10.7 Å². The molecular weight excluding hydrogens is 339 g/mol. The Kier molecular flexibility index (Phi) is 6.58. The van der Waals surface area contributed by atoms with Gasteiger partial charge in [0.15, 0.2) is 0 Å². The Labute approximate surface area is 144 Å². The standard InChI is InChI=1S/C15H16Cl2N4O2/c1-23-7-3-6-18-13-9-19-12(8-20-13)15(22)21-11-5-2-4-10(16)14(11)17/h2,4-5,8-9H,3,6-7H2,1H3,(H,18,20)(H,21,22). The van der Waals surface area contributed by atoms with Crippen molar-refractivity contribution in [2.24, 2.45) is 0 Å². The van der Waals surface area contributed by atoms with Gasteiger partial charge in [-0.15, -0.1) is 0 Å². The topological polar surface area (TPSA) is 76.1 Å². The molecule has 0 atom stereocenters. The van der Waals surface area contributed by atoms with Gasteiger partial charge in [-0.1, -0.05) is 29.3 Å². The summed E-state index contributed by atoms with van der Waals surface area (Å²) in [5.41, 5.74) is 0.608. The Hall–Kier alpha value is -1.89. The Bertz CT molecular complexity index is 665. The second kappa shape index (κ2) is 8.67. The number of aromatic nitrogens is 2. The van der Waals surface area contributed by atoms with Crippen LogP contribution in [0.15, 0.2) is 30.6 Å². The number of methoxy groups -OCH3 is 1. The van der Waals surface area contributed by atoms with Gasteiger partial charge in [-0.05, 0) is 18.6 Å². The van der Waals surface area contributed by atoms with Crippen LogP contribution in [-0.2, 0) is 4.74 Å². The first-order chi connectivity index (χ1) is 11.1. The number of anilines is 2. The molecule has 8 heteroatoms. The molecule has 0 aliphatic rings. The molecule has 0 spiro atoms. The summed E-state index contributed by atoms with van der Waals surface area (Å²) in [6.07, 6.45) is 3.75. The van der Waals surface area contributed by atoms with Crippen molar-refractivity contribution in [2.75, 3.05) is 30.9 Å². The van der Waals surface area contributed by atoms with E-state index in [1.54, 1.807) is 25.3 Å². The van der Waals surface area contributed by atoms with Gasteiger partial charge in [-0.3, -0.25) is 4.79 Å². The Morgan fingerprint density at radius 1 is 1.26 bits per heavy atom. The van der Waals surface area contributed by atoms with E-state index in [2.05, 4.69) is 20.6 Å². The second-order valence-corrected chi connectivity index (χ2v) is 5.40. The highest BCUT2D eigenvalue weighted by Gasteiger charge is 2.11. The minimum Gasteiger partial charge on any atom is -0.385 e. The lowest BCUT2D eigenvalue weighted by molar-refractivity contribution is 0.102. The molecule has 2 N–H and O–H groups in total. The number of benzene rings is 1. The van der Waals surface area contributed by atoms with Crippen molar-refractivity contribution >= 4 is 40.6 Å². The Balaban J connectivity index is 1.96. The highest BCUT2D eigenvalue weighted by Crippen LogP contribution is 2.29. The predicted octanol–water partition coefficient (Wildman–Crippen LogP) is 3.48. The first kappa shape index (κ1) is 17.5. The minimum absolute atomic E-state index is 0.184. The van der Waals surface area contributed by atoms with E-state index in [9.17, 15) is 4.79 Å². The maximum Gasteiger partial charge on any atom is 0.275 e. The molecule has 0 unspecified atom stereocenters. The average Bonchev–Trinajstić information content (AvgIpc) is 2.56. The molecule has 0 fully saturated rings. The van der Waals surface area contributed by atoms with Crippen LogP contribution >= 0.6 is 23.2 Å². The van der Waals surface area contributed by atoms with Crippen LogP contribution in [0.4, 0.5) is 11.5 Å². The number of amides is 1. The van der Waals surface area contributed by atoms with Gasteiger partial charge in [0.25, 0.3) is 5.91 Å². The Morgan fingerprint density at radius 3 is 2.78 bits per heavy atom. The summed E-state index contributed by atoms with van der Waals surface area (Å²) >= 11 is 11.9. The van der Waals surface area contributed by atoms with Crippen molar-refractivity contribution in [1.29, 1.82) is 0 Å². The largest absolute Gasteiger partial charge is 0.385 e. The summed E-state index contributed by atoms with van der Waals surface area (Å²) in [7, 11) is 1.65. The van der Waals surface area contributed by atoms with E-state index in [0.717, 1.165) is 6.42 Å². The molecule has 0 aliphatic heterocycles. The first-order valence-corrected chi connectivity index (χ1v) is 7.67. The summed E-state index contributed by atoms with van der Waals surface area (Å²) in [6, 6.07) is 5.00. The maximum atomic E-state index is 12.1. The lowest BCUT2D eigenvalue weighted by Crippen LogP contribution is -2.15. The average molecular weight is 355 g/mol. The number of carbonyl (C=O) groups excluding carboxylic acids is 1. The monoisotopic (exact) mass is 354 g/mol. The van der Waals surface area contributed by atoms with Crippen LogP contribution in [0.3, 0.4) is 0 Å². The van der Waals surface area contributed by atoms with Gasteiger partial charge in [-0.25, -0.2) is 9.97 Å². The highest BCUT2D eigenvalue weighted by molar-refractivity contribution is 6.44. The lowest BCUT2D eigenvalue weighted by Gasteiger charge is -2.08. The molecule has 0 bridgehead atoms. The zero-order valence-corrected chi connectivity index (χ0v) is 14.0. The van der Waals surface area contributed by atoms with Gasteiger partial charge in [-0.2, -0.15) is 0 Å². The number of rotatable bonds is 7. The van der Waals surface area contributed by atoms with Crippen LogP contribution in [0, 0.1) is 0 Å². The van der Waals surface area contributed by atoms with Gasteiger partial charge in [0.05, 0.1) is 28.1 Å². The molecule has 1 aromatic carbocycles. The van der Waals surface area contributed by atoms with E-state index in [1.807, 2.05) is 0 Å². The molecule has 0 radical (unpaired) electrons. The van der Waals surface area contributed by atoms with Crippen LogP contribution in [0.5, 0.6) is 0 Å². The van der Waals surface area contributed by atoms with Gasteiger partial charge >= 0.3 is 0 Å². The quantitative estimate of drug-likeness (QED) is 0.744. The Morgan fingerprint density at radius 2 is 2.09 bits per heavy atom. The second-order valence-electron chi connectivity index (χ2n) is 4.62. The molecule has 2 aromatic rings. The van der Waals surface area contributed by atoms with Gasteiger partial charge in [0.2, 0.25) is 0 Å². The normalized spacial score (nSPS) is 10.4. The first-order valence-electron chi connectivity index (χ1n) is 6.92. The van der Waals surface area contributed by atoms with E-state index < -0.39 is 5.91 Å². The van der Waals surface area contributed by atoms with Crippen molar-refractivity contribution in [2.45, 2.75) is 6.42 Å². The third kappa shape index (κ3) is 5.06. The summed E-state index contributed by atoms with van der Waals surface area (Å²) in [5.74, 6) is 0.186. The van der Waals surface area contributed by atoms with Crippen molar-refractivity contribution in [3.05, 3.63) is 46.3 Å². The fraction of sp³-hybridized carbons (Fsp3) is 0.267. The number of carbonyl (C=O) groups is 1. The molecule has 1 aromatic heterocycles. The van der Waals surface area contributed by atoms with Crippen molar-refractivity contribution < 1.29 is 9.53 Å². The van der Waals surface area contributed by atoms with Gasteiger partial charge in [0.1, 0.15) is 11.5 Å². The number of halogens is 2. The fourth-order valence-corrected chi connectivity index (χ4v) is 2.10. The smallest absolute Gasteiger partial charge is 0.275 e. The fourth-order valence-electron chi connectivity index (χ4n) is 1.76. The number of hydrogen-bond acceptors (Lipinski definition) is 5. The number of ether oxygens (including phenoxy) is 1. The molecule has 122 valence electrons. The number of nitrogens with zero attached hydrogens (tertiary/aromatic N) is 2. The lowest BCUT2D eigenvalue weighted by atomic mass is 10.3. The summed E-state index contributed by atoms with van der Waals surface area (Å²) in [5, 5.41) is 6.39. The zero-order chi connectivity index (χ0) is 16.7. The minimum atomic E-state index is -0.410. The summed E-state index contributed by atoms with van der Waals surface area (Å²) < 4.78 is 4.96. The third-order valence-electron chi connectivity index (χ3n) is 2.92. The number of nitrogens with one attached hydrogen (secondary N) is 2. The SMILES string of the molecule is COCCCNc1cnc(C(=O)Nc2cccc(Cl)c2Cl)cn1. The van der Waals surface area contributed by atoms with Crippen LogP contribution in [0.2, 0.25) is 10.0 Å². The van der Waals surface area contributed by atoms with E-state index >= 15 is 0 Å². The van der Waals surface area contributed by atoms with Gasteiger partial charge in [0, 0.05) is 20.3 Å². The van der Waals surface area contributed by atoms with Crippen LogP contribution in [0.25, 0.3) is 0 Å². The van der Waals surface area contributed by atoms with E-state index in [4.69, 9.17) is 27.9 Å². The summed E-state index contributed by atoms with van der Waals surface area (Å²) in [6.45, 7) is 1.38. The molecule has 6 nitrogen and oxygen atoms in total. The van der Waals surface area contributed by atoms with Crippen LogP contribution < -0.4 is 10.6 Å². The van der Waals surface area contributed by atoms with Gasteiger partial charge < -0.3 is 15.4 Å².